The van der Waals surface area contributed by atoms with Gasteiger partial charge < -0.3 is 38.0 Å². The van der Waals surface area contributed by atoms with Gasteiger partial charge in [0.1, 0.15) is 18.6 Å². The van der Waals surface area contributed by atoms with Crippen molar-refractivity contribution in [3.63, 3.8) is 0 Å². The van der Waals surface area contributed by atoms with Gasteiger partial charge in [-0.25, -0.2) is 0 Å². The van der Waals surface area contributed by atoms with Crippen molar-refractivity contribution in [2.24, 2.45) is 11.8 Å². The average molecular weight is 694 g/mol. The Morgan fingerprint density at radius 3 is 2.13 bits per heavy atom. The maximum atomic E-state index is 11.8. The van der Waals surface area contributed by atoms with Crippen LogP contribution in [0, 0.1) is 11.8 Å². The maximum absolute atomic E-state index is 11.8. The number of benzene rings is 2. The van der Waals surface area contributed by atoms with Crippen molar-refractivity contribution in [2.75, 3.05) is 28.1 Å². The van der Waals surface area contributed by atoms with E-state index in [1.54, 1.807) is 14.2 Å². The number of ether oxygens (including phenoxy) is 7. The second-order valence-electron chi connectivity index (χ2n) is 12.0. The van der Waals surface area contributed by atoms with E-state index in [2.05, 4.69) is 29.8 Å². The van der Waals surface area contributed by atoms with E-state index in [9.17, 15) is 4.79 Å². The van der Waals surface area contributed by atoms with Gasteiger partial charge in [0.15, 0.2) is 17.8 Å². The SMILES string of the molecule is COCO[C@H](C=O)/C(C)=C/[C@H](C)[C@@H](OCc1ccccc1)[C@H](C[C@H](C)Cc1c(OC(C)C)c(Br)cc(OC(C)C)c1OC)OC. The first-order valence-electron chi connectivity index (χ1n) is 15.6. The molecule has 8 nitrogen and oxygen atoms in total. The van der Waals surface area contributed by atoms with Crippen LogP contribution in [0.3, 0.4) is 0 Å². The fraction of sp³-hybridized carbons (Fsp3) is 0.583. The van der Waals surface area contributed by atoms with Crippen LogP contribution in [0.15, 0.2) is 52.5 Å². The minimum atomic E-state index is -0.701. The molecule has 0 aliphatic carbocycles. The highest BCUT2D eigenvalue weighted by atomic mass is 79.9. The Hall–Kier alpha value is -2.43. The van der Waals surface area contributed by atoms with Crippen LogP contribution < -0.4 is 14.2 Å². The molecule has 0 fully saturated rings. The second kappa shape index (κ2) is 19.9. The van der Waals surface area contributed by atoms with Crippen LogP contribution in [-0.2, 0) is 36.8 Å². The molecule has 2 aromatic rings. The van der Waals surface area contributed by atoms with E-state index in [-0.39, 0.29) is 43.0 Å². The number of carbonyl (C=O) groups excluding carboxylic acids is 1. The van der Waals surface area contributed by atoms with E-state index in [1.807, 2.05) is 77.1 Å². The summed E-state index contributed by atoms with van der Waals surface area (Å²) < 4.78 is 42.5. The molecule has 0 radical (unpaired) electrons. The van der Waals surface area contributed by atoms with E-state index in [4.69, 9.17) is 33.2 Å². The first-order valence-corrected chi connectivity index (χ1v) is 16.4. The minimum Gasteiger partial charge on any atom is -0.492 e. The van der Waals surface area contributed by atoms with E-state index >= 15 is 0 Å². The highest BCUT2D eigenvalue weighted by Crippen LogP contribution is 2.45. The highest BCUT2D eigenvalue weighted by molar-refractivity contribution is 9.10. The largest absolute Gasteiger partial charge is 0.492 e. The Bertz CT molecular complexity index is 1180. The van der Waals surface area contributed by atoms with Crippen molar-refractivity contribution in [3.8, 4) is 17.2 Å². The summed E-state index contributed by atoms with van der Waals surface area (Å²) in [6.07, 6.45) is 2.85. The fourth-order valence-corrected chi connectivity index (χ4v) is 5.88. The predicted molar refractivity (Wildman–Crippen MR) is 181 cm³/mol. The van der Waals surface area contributed by atoms with Crippen LogP contribution in [0.1, 0.15) is 66.0 Å². The molecule has 9 heteroatoms. The monoisotopic (exact) mass is 692 g/mol. The van der Waals surface area contributed by atoms with Gasteiger partial charge >= 0.3 is 0 Å². The number of hydrogen-bond acceptors (Lipinski definition) is 8. The lowest BCUT2D eigenvalue weighted by molar-refractivity contribution is -0.123. The van der Waals surface area contributed by atoms with Crippen molar-refractivity contribution in [1.82, 2.24) is 0 Å². The van der Waals surface area contributed by atoms with Gasteiger partial charge in [-0.15, -0.1) is 0 Å². The normalized spacial score (nSPS) is 15.4. The maximum Gasteiger partial charge on any atom is 0.167 e. The molecule has 0 spiro atoms. The third-order valence-corrected chi connectivity index (χ3v) is 7.88. The van der Waals surface area contributed by atoms with Crippen LogP contribution >= 0.6 is 15.9 Å². The summed E-state index contributed by atoms with van der Waals surface area (Å²) in [5, 5.41) is 0. The lowest BCUT2D eigenvalue weighted by atomic mass is 9.88. The van der Waals surface area contributed by atoms with E-state index in [0.29, 0.717) is 30.9 Å². The fourth-order valence-electron chi connectivity index (χ4n) is 5.34. The topological polar surface area (TPSA) is 81.7 Å². The van der Waals surface area contributed by atoms with Gasteiger partial charge in [0, 0.05) is 31.8 Å². The highest BCUT2D eigenvalue weighted by Gasteiger charge is 2.31. The van der Waals surface area contributed by atoms with Gasteiger partial charge in [0.05, 0.1) is 42.6 Å². The second-order valence-corrected chi connectivity index (χ2v) is 12.9. The summed E-state index contributed by atoms with van der Waals surface area (Å²) in [6, 6.07) is 12.0. The molecule has 0 saturated heterocycles. The van der Waals surface area contributed by atoms with Gasteiger partial charge in [0.2, 0.25) is 0 Å². The number of methoxy groups -OCH3 is 3. The predicted octanol–water partition coefficient (Wildman–Crippen LogP) is 7.97. The number of carbonyl (C=O) groups is 1. The van der Waals surface area contributed by atoms with Crippen molar-refractivity contribution in [2.45, 2.75) is 98.4 Å². The lowest BCUT2D eigenvalue weighted by Gasteiger charge is -2.32. The molecular formula is C36H53BrO8. The molecule has 252 valence electrons. The quantitative estimate of drug-likeness (QED) is 0.0740. The van der Waals surface area contributed by atoms with Crippen LogP contribution in [0.25, 0.3) is 0 Å². The lowest BCUT2D eigenvalue weighted by Crippen LogP contribution is -2.37. The summed E-state index contributed by atoms with van der Waals surface area (Å²) in [6.45, 7) is 14.6. The molecule has 0 amide bonds. The minimum absolute atomic E-state index is 0.0231. The Kier molecular flexibility index (Phi) is 17.2. The smallest absolute Gasteiger partial charge is 0.167 e. The van der Waals surface area contributed by atoms with Gasteiger partial charge in [-0.1, -0.05) is 50.3 Å². The van der Waals surface area contributed by atoms with Crippen LogP contribution in [0.4, 0.5) is 0 Å². The summed E-state index contributed by atoms with van der Waals surface area (Å²) in [7, 11) is 4.91. The Balaban J connectivity index is 2.43. The van der Waals surface area contributed by atoms with Crippen LogP contribution in [0.2, 0.25) is 0 Å². The van der Waals surface area contributed by atoms with Crippen molar-refractivity contribution < 1.29 is 38.0 Å². The molecule has 2 aromatic carbocycles. The Labute approximate surface area is 278 Å². The van der Waals surface area contributed by atoms with Crippen LogP contribution in [0.5, 0.6) is 17.2 Å². The van der Waals surface area contributed by atoms with Crippen molar-refractivity contribution in [1.29, 1.82) is 0 Å². The average Bonchev–Trinajstić information content (AvgIpc) is 2.99. The third-order valence-electron chi connectivity index (χ3n) is 7.29. The molecule has 0 saturated carbocycles. The Morgan fingerprint density at radius 2 is 1.58 bits per heavy atom. The molecule has 2 rings (SSSR count). The molecule has 0 unspecified atom stereocenters. The van der Waals surface area contributed by atoms with Gasteiger partial charge in [0.25, 0.3) is 0 Å². The molecule has 0 aromatic heterocycles. The first-order chi connectivity index (χ1) is 21.4. The van der Waals surface area contributed by atoms with Gasteiger partial charge in [-0.3, -0.25) is 0 Å². The van der Waals surface area contributed by atoms with Crippen molar-refractivity contribution >= 4 is 22.2 Å². The van der Waals surface area contributed by atoms with E-state index in [1.165, 1.54) is 7.11 Å². The molecular weight excluding hydrogens is 640 g/mol. The summed E-state index contributed by atoms with van der Waals surface area (Å²) in [5.41, 5.74) is 2.80. The zero-order chi connectivity index (χ0) is 33.5. The number of hydrogen-bond donors (Lipinski definition) is 0. The molecule has 0 aliphatic rings. The zero-order valence-corrected chi connectivity index (χ0v) is 30.2. The van der Waals surface area contributed by atoms with Gasteiger partial charge in [-0.2, -0.15) is 0 Å². The molecule has 0 heterocycles. The summed E-state index contributed by atoms with van der Waals surface area (Å²) in [5.74, 6) is 2.14. The zero-order valence-electron chi connectivity index (χ0n) is 28.6. The number of rotatable bonds is 21. The van der Waals surface area contributed by atoms with E-state index in [0.717, 1.165) is 33.2 Å². The summed E-state index contributed by atoms with van der Waals surface area (Å²) in [4.78, 5) is 11.8. The summed E-state index contributed by atoms with van der Waals surface area (Å²) >= 11 is 3.72. The molecule has 45 heavy (non-hydrogen) atoms. The third kappa shape index (κ3) is 12.4. The first kappa shape index (κ1) is 38.8. The number of aldehydes is 1. The standard InChI is InChI=1S/C36H53BrO8/c1-23(2)44-32-19-30(37)35(45-24(3)4)29(36(32)41-10)16-25(5)17-31(40-9)34(42-21-28-14-12-11-13-15-28)27(7)18-26(6)33(20-38)43-22-39-8/h11-15,18-20,23-25,27,31,33-34H,16-17,21-22H2,1-10H3/b26-18+/t25-,27+,31+,33-,34-/m1/s1. The van der Waals surface area contributed by atoms with Crippen LogP contribution in [-0.4, -0.2) is 64.9 Å². The molecule has 5 atom stereocenters. The van der Waals surface area contributed by atoms with Crippen molar-refractivity contribution in [3.05, 3.63) is 63.6 Å². The molecule has 0 aliphatic heterocycles. The Morgan fingerprint density at radius 1 is 0.911 bits per heavy atom. The molecule has 0 N–H and O–H groups in total. The number of halogens is 1. The molecule has 0 bridgehead atoms. The van der Waals surface area contributed by atoms with Gasteiger partial charge in [-0.05, 0) is 80.4 Å². The van der Waals surface area contributed by atoms with E-state index < -0.39 is 6.10 Å².